The third kappa shape index (κ3) is 4.24. The van der Waals surface area contributed by atoms with Gasteiger partial charge in [0.25, 0.3) is 5.56 Å². The van der Waals surface area contributed by atoms with Crippen molar-refractivity contribution >= 4 is 16.7 Å². The largest absolute Gasteiger partial charge is 0.394 e. The summed E-state index contributed by atoms with van der Waals surface area (Å²) in [5, 5.41) is 43.0. The molecule has 0 bridgehead atoms. The third-order valence-corrected chi connectivity index (χ3v) is 6.02. The first-order valence-electron chi connectivity index (χ1n) is 10.6. The van der Waals surface area contributed by atoms with E-state index in [-0.39, 0.29) is 18.1 Å². The van der Waals surface area contributed by atoms with Gasteiger partial charge in [-0.2, -0.15) is 4.98 Å². The van der Waals surface area contributed by atoms with E-state index in [4.69, 9.17) is 5.11 Å². The number of nitrogens with zero attached hydrogens (tertiary/aromatic N) is 3. The van der Waals surface area contributed by atoms with Gasteiger partial charge in [-0.05, 0) is 37.5 Å². The minimum Gasteiger partial charge on any atom is -0.394 e. The highest BCUT2D eigenvalue weighted by Crippen LogP contribution is 2.30. The number of anilines is 1. The molecule has 32 heavy (non-hydrogen) atoms. The summed E-state index contributed by atoms with van der Waals surface area (Å²) in [6.45, 7) is 0.889. The van der Waals surface area contributed by atoms with E-state index in [1.807, 2.05) is 13.0 Å². The lowest BCUT2D eigenvalue weighted by atomic mass is 10.1. The zero-order chi connectivity index (χ0) is 23.0. The molecule has 1 aromatic rings. The van der Waals surface area contributed by atoms with Crippen molar-refractivity contribution in [1.82, 2.24) is 19.5 Å². The SMILES string of the molecule is Cc1cc2nc3c(=O)[nH]c(=O)nc-3n(C[C@H](O)[C@H](O)[C@H](O)CO)c2cc1NC1CCCC1. The highest BCUT2D eigenvalue weighted by molar-refractivity contribution is 5.84. The van der Waals surface area contributed by atoms with E-state index in [9.17, 15) is 24.9 Å². The number of hydrogen-bond donors (Lipinski definition) is 6. The Balaban J connectivity index is 1.89. The number of benzene rings is 1. The molecule has 0 amide bonds. The molecule has 1 aliphatic carbocycles. The quantitative estimate of drug-likeness (QED) is 0.258. The zero-order valence-corrected chi connectivity index (χ0v) is 17.7. The fourth-order valence-corrected chi connectivity index (χ4v) is 4.24. The Kier molecular flexibility index (Phi) is 6.24. The molecule has 2 heterocycles. The Labute approximate surface area is 182 Å². The van der Waals surface area contributed by atoms with Crippen LogP contribution in [0.15, 0.2) is 21.7 Å². The van der Waals surface area contributed by atoms with Crippen LogP contribution in [0.3, 0.4) is 0 Å². The van der Waals surface area contributed by atoms with E-state index in [0.29, 0.717) is 17.1 Å². The smallest absolute Gasteiger partial charge is 0.349 e. The van der Waals surface area contributed by atoms with E-state index in [2.05, 4.69) is 20.3 Å². The maximum Gasteiger partial charge on any atom is 0.349 e. The van der Waals surface area contributed by atoms with Gasteiger partial charge in [0.2, 0.25) is 0 Å². The molecule has 6 N–H and O–H groups in total. The van der Waals surface area contributed by atoms with Crippen LogP contribution in [0.25, 0.3) is 22.6 Å². The predicted octanol–water partition coefficient (Wildman–Crippen LogP) is -0.677. The van der Waals surface area contributed by atoms with Gasteiger partial charge in [0.15, 0.2) is 11.5 Å². The molecule has 0 unspecified atom stereocenters. The molecular weight excluding hydrogens is 418 g/mol. The van der Waals surface area contributed by atoms with Gasteiger partial charge in [0.05, 0.1) is 24.2 Å². The summed E-state index contributed by atoms with van der Waals surface area (Å²) < 4.78 is 1.44. The molecule has 0 spiro atoms. The van der Waals surface area contributed by atoms with Crippen molar-refractivity contribution in [1.29, 1.82) is 0 Å². The third-order valence-electron chi connectivity index (χ3n) is 6.02. The molecule has 0 radical (unpaired) electrons. The molecule has 11 nitrogen and oxygen atoms in total. The number of hydrogen-bond acceptors (Lipinski definition) is 9. The Bertz CT molecular complexity index is 1200. The van der Waals surface area contributed by atoms with Crippen LogP contribution in [0.5, 0.6) is 0 Å². The monoisotopic (exact) mass is 445 g/mol. The number of aliphatic hydroxyl groups excluding tert-OH is 4. The second kappa shape index (κ2) is 8.94. The molecule has 3 atom stereocenters. The van der Waals surface area contributed by atoms with E-state index >= 15 is 0 Å². The molecule has 1 fully saturated rings. The van der Waals surface area contributed by atoms with Crippen molar-refractivity contribution in [3.05, 3.63) is 38.5 Å². The maximum absolute atomic E-state index is 12.4. The topological polar surface area (TPSA) is 174 Å². The molecule has 4 rings (SSSR count). The normalized spacial score (nSPS) is 17.7. The Hall–Kier alpha value is -2.86. The first-order valence-corrected chi connectivity index (χ1v) is 10.6. The number of fused-ring (bicyclic) bond motifs is 2. The van der Waals surface area contributed by atoms with Crippen LogP contribution in [0.4, 0.5) is 5.69 Å². The lowest BCUT2D eigenvalue weighted by Gasteiger charge is -2.25. The molecule has 3 aliphatic rings. The fraction of sp³-hybridized carbons (Fsp3) is 0.524. The summed E-state index contributed by atoms with van der Waals surface area (Å²) in [5.74, 6) is -0.0494. The minimum atomic E-state index is -1.65. The highest BCUT2D eigenvalue weighted by Gasteiger charge is 2.28. The first-order chi connectivity index (χ1) is 15.3. The molecule has 11 heteroatoms. The number of nitrogens with one attached hydrogen (secondary N) is 2. The van der Waals surface area contributed by atoms with Gasteiger partial charge >= 0.3 is 5.69 Å². The molecule has 1 saturated carbocycles. The lowest BCUT2D eigenvalue weighted by molar-refractivity contribution is -0.0802. The van der Waals surface area contributed by atoms with Crippen LogP contribution in [0.1, 0.15) is 31.2 Å². The minimum absolute atomic E-state index is 0.0494. The second-order valence-corrected chi connectivity index (χ2v) is 8.36. The average Bonchev–Trinajstić information content (AvgIpc) is 3.27. The summed E-state index contributed by atoms with van der Waals surface area (Å²) in [6.07, 6.45) is -0.278. The van der Waals surface area contributed by atoms with Crippen molar-refractivity contribution in [3.63, 3.8) is 0 Å². The van der Waals surface area contributed by atoms with Crippen LogP contribution in [0, 0.1) is 6.92 Å². The van der Waals surface area contributed by atoms with Gasteiger partial charge in [-0.3, -0.25) is 9.78 Å². The Morgan fingerprint density at radius 3 is 2.56 bits per heavy atom. The van der Waals surface area contributed by atoms with Crippen molar-refractivity contribution in [3.8, 4) is 11.5 Å². The second-order valence-electron chi connectivity index (χ2n) is 8.36. The van der Waals surface area contributed by atoms with Gasteiger partial charge in [-0.1, -0.05) is 12.8 Å². The predicted molar refractivity (Wildman–Crippen MR) is 117 cm³/mol. The van der Waals surface area contributed by atoms with Crippen LogP contribution >= 0.6 is 0 Å². The van der Waals surface area contributed by atoms with Gasteiger partial charge < -0.3 is 30.3 Å². The van der Waals surface area contributed by atoms with Crippen molar-refractivity contribution in [2.24, 2.45) is 0 Å². The Morgan fingerprint density at radius 1 is 1.16 bits per heavy atom. The van der Waals surface area contributed by atoms with Crippen molar-refractivity contribution in [2.45, 2.75) is 63.5 Å². The number of aromatic amines is 1. The van der Waals surface area contributed by atoms with Crippen molar-refractivity contribution in [2.75, 3.05) is 11.9 Å². The Morgan fingerprint density at radius 2 is 1.88 bits per heavy atom. The lowest BCUT2D eigenvalue weighted by Crippen LogP contribution is -2.42. The number of rotatable bonds is 7. The van der Waals surface area contributed by atoms with Gasteiger partial charge in [0.1, 0.15) is 18.3 Å². The van der Waals surface area contributed by atoms with Crippen molar-refractivity contribution < 1.29 is 20.4 Å². The highest BCUT2D eigenvalue weighted by atomic mass is 16.4. The summed E-state index contributed by atoms with van der Waals surface area (Å²) in [5.41, 5.74) is 1.05. The average molecular weight is 445 g/mol. The van der Waals surface area contributed by atoms with Gasteiger partial charge in [0, 0.05) is 11.7 Å². The van der Waals surface area contributed by atoms with Crippen LogP contribution in [0.2, 0.25) is 0 Å². The molecule has 0 aromatic heterocycles. The van der Waals surface area contributed by atoms with E-state index < -0.39 is 36.2 Å². The standard InChI is InChI=1S/C21H27N5O6/c1-10-6-13-14(7-12(10)22-11-4-2-3-5-11)26(8-15(28)18(30)16(29)9-27)19-17(23-13)20(31)25-21(32)24-19/h6-7,11,15-16,18,22,27-30H,2-5,8-9H2,1H3,(H,25,31,32)/t15-,16+,18-/m0/s1. The number of aromatic nitrogens is 4. The van der Waals surface area contributed by atoms with Gasteiger partial charge in [-0.15, -0.1) is 0 Å². The zero-order valence-electron chi connectivity index (χ0n) is 17.7. The maximum atomic E-state index is 12.4. The van der Waals surface area contributed by atoms with E-state index in [1.54, 1.807) is 6.07 Å². The summed E-state index contributed by atoms with van der Waals surface area (Å²) in [6, 6.07) is 3.97. The molecule has 0 saturated heterocycles. The van der Waals surface area contributed by atoms with Crippen LogP contribution in [-0.4, -0.2) is 70.9 Å². The van der Waals surface area contributed by atoms with E-state index in [1.165, 1.54) is 4.57 Å². The summed E-state index contributed by atoms with van der Waals surface area (Å²) in [4.78, 5) is 34.7. The van der Waals surface area contributed by atoms with E-state index in [0.717, 1.165) is 36.9 Å². The molecular formula is C21H27N5O6. The molecule has 172 valence electrons. The number of aliphatic hydroxyl groups is 4. The van der Waals surface area contributed by atoms with Gasteiger partial charge in [-0.25, -0.2) is 9.78 Å². The number of aryl methyl sites for hydroxylation is 1. The summed E-state index contributed by atoms with van der Waals surface area (Å²) >= 11 is 0. The van der Waals surface area contributed by atoms with Crippen LogP contribution in [-0.2, 0) is 6.54 Å². The fourth-order valence-electron chi connectivity index (χ4n) is 4.24. The summed E-state index contributed by atoms with van der Waals surface area (Å²) in [7, 11) is 0. The molecule has 1 aromatic carbocycles. The van der Waals surface area contributed by atoms with Crippen LogP contribution < -0.4 is 16.6 Å². The first kappa shape index (κ1) is 22.3. The number of H-pyrrole nitrogens is 1. The molecule has 2 aliphatic heterocycles.